The summed E-state index contributed by atoms with van der Waals surface area (Å²) in [4.78, 5) is 8.74. The van der Waals surface area contributed by atoms with Gasteiger partial charge in [0.1, 0.15) is 16.8 Å². The van der Waals surface area contributed by atoms with Crippen LogP contribution in [0, 0.1) is 6.92 Å². The van der Waals surface area contributed by atoms with E-state index in [1.165, 1.54) is 0 Å². The van der Waals surface area contributed by atoms with Crippen LogP contribution in [0.1, 0.15) is 31.7 Å². The lowest BCUT2D eigenvalue weighted by Gasteiger charge is -2.11. The molecule has 0 aliphatic heterocycles. The first-order chi connectivity index (χ1) is 9.04. The van der Waals surface area contributed by atoms with Gasteiger partial charge in [0.25, 0.3) is 0 Å². The smallest absolute Gasteiger partial charge is 0.137 e. The first kappa shape index (κ1) is 15.9. The summed E-state index contributed by atoms with van der Waals surface area (Å²) in [6.45, 7) is 11.6. The van der Waals surface area contributed by atoms with E-state index in [9.17, 15) is 0 Å². The lowest BCUT2D eigenvalue weighted by Crippen LogP contribution is -2.13. The molecule has 4 nitrogen and oxygen atoms in total. The number of nitrogens with zero attached hydrogens (tertiary/aromatic N) is 2. The van der Waals surface area contributed by atoms with Gasteiger partial charge in [-0.1, -0.05) is 30.7 Å². The van der Waals surface area contributed by atoms with Crippen molar-refractivity contribution in [2.45, 2.75) is 33.6 Å². The summed E-state index contributed by atoms with van der Waals surface area (Å²) >= 11 is 6.10. The molecule has 1 aromatic heterocycles. The van der Waals surface area contributed by atoms with E-state index in [1.54, 1.807) is 0 Å². The van der Waals surface area contributed by atoms with E-state index in [4.69, 9.17) is 16.3 Å². The highest BCUT2D eigenvalue weighted by Crippen LogP contribution is 2.20. The highest BCUT2D eigenvalue weighted by molar-refractivity contribution is 6.30. The van der Waals surface area contributed by atoms with E-state index < -0.39 is 0 Å². The van der Waals surface area contributed by atoms with Gasteiger partial charge < -0.3 is 10.1 Å². The predicted molar refractivity (Wildman–Crippen MR) is 79.9 cm³/mol. The number of rotatable bonds is 8. The molecule has 0 fully saturated rings. The molecule has 1 aromatic rings. The van der Waals surface area contributed by atoms with Crippen LogP contribution in [0.5, 0.6) is 0 Å². The van der Waals surface area contributed by atoms with Gasteiger partial charge in [-0.2, -0.15) is 0 Å². The molecule has 1 rings (SSSR count). The van der Waals surface area contributed by atoms with Crippen LogP contribution in [-0.2, 0) is 11.2 Å². The fourth-order valence-corrected chi connectivity index (χ4v) is 1.72. The largest absolute Gasteiger partial charge is 0.375 e. The van der Waals surface area contributed by atoms with Gasteiger partial charge >= 0.3 is 0 Å². The minimum absolute atomic E-state index is 0.517. The third-order valence-corrected chi connectivity index (χ3v) is 2.86. The van der Waals surface area contributed by atoms with E-state index >= 15 is 0 Å². The maximum Gasteiger partial charge on any atom is 0.137 e. The minimum Gasteiger partial charge on any atom is -0.375 e. The van der Waals surface area contributed by atoms with Gasteiger partial charge in [-0.25, -0.2) is 9.97 Å². The molecular formula is C14H22ClN3O. The van der Waals surface area contributed by atoms with Crippen LogP contribution >= 0.6 is 11.6 Å². The first-order valence-corrected chi connectivity index (χ1v) is 6.91. The summed E-state index contributed by atoms with van der Waals surface area (Å²) in [5, 5.41) is 3.75. The van der Waals surface area contributed by atoms with Crippen LogP contribution in [0.4, 0.5) is 5.82 Å². The van der Waals surface area contributed by atoms with Crippen molar-refractivity contribution in [2.75, 3.05) is 25.1 Å². The Morgan fingerprint density at radius 3 is 2.79 bits per heavy atom. The third kappa shape index (κ3) is 5.57. The first-order valence-electron chi connectivity index (χ1n) is 6.53. The van der Waals surface area contributed by atoms with Gasteiger partial charge in [-0.15, -0.1) is 0 Å². The maximum absolute atomic E-state index is 6.10. The minimum atomic E-state index is 0.517. The summed E-state index contributed by atoms with van der Waals surface area (Å²) < 4.78 is 5.43. The van der Waals surface area contributed by atoms with Crippen molar-refractivity contribution in [3.05, 3.63) is 28.7 Å². The molecule has 19 heavy (non-hydrogen) atoms. The molecule has 0 saturated heterocycles. The predicted octanol–water partition coefficient (Wildman–Crippen LogP) is 3.40. The zero-order valence-electron chi connectivity index (χ0n) is 11.9. The fourth-order valence-electron chi connectivity index (χ4n) is 1.53. The van der Waals surface area contributed by atoms with E-state index in [1.807, 2.05) is 13.8 Å². The van der Waals surface area contributed by atoms with Crippen LogP contribution in [0.25, 0.3) is 0 Å². The molecule has 0 bridgehead atoms. The topological polar surface area (TPSA) is 47.0 Å². The molecule has 0 spiro atoms. The summed E-state index contributed by atoms with van der Waals surface area (Å²) in [6.07, 6.45) is 1.83. The van der Waals surface area contributed by atoms with Crippen molar-refractivity contribution < 1.29 is 4.74 Å². The molecule has 5 heteroatoms. The number of hydrogen-bond acceptors (Lipinski definition) is 4. The summed E-state index contributed by atoms with van der Waals surface area (Å²) in [6, 6.07) is 0. The Hall–Kier alpha value is -1.13. The molecule has 1 N–H and O–H groups in total. The van der Waals surface area contributed by atoms with Crippen molar-refractivity contribution in [2.24, 2.45) is 0 Å². The van der Waals surface area contributed by atoms with Crippen molar-refractivity contribution in [3.63, 3.8) is 0 Å². The third-order valence-electron chi connectivity index (χ3n) is 2.49. The van der Waals surface area contributed by atoms with Crippen LogP contribution in [-0.4, -0.2) is 29.7 Å². The Bertz CT molecular complexity index is 435. The summed E-state index contributed by atoms with van der Waals surface area (Å²) in [7, 11) is 0. The van der Waals surface area contributed by atoms with E-state index in [-0.39, 0.29) is 0 Å². The molecule has 1 heterocycles. The highest BCUT2D eigenvalue weighted by atomic mass is 35.5. The monoisotopic (exact) mass is 283 g/mol. The molecular weight excluding hydrogens is 262 g/mol. The molecule has 0 atom stereocenters. The number of nitrogens with one attached hydrogen (secondary N) is 1. The Morgan fingerprint density at radius 1 is 1.42 bits per heavy atom. The molecule has 0 amide bonds. The molecule has 0 aromatic carbocycles. The van der Waals surface area contributed by atoms with E-state index in [0.717, 1.165) is 35.6 Å². The summed E-state index contributed by atoms with van der Waals surface area (Å²) in [5.41, 5.74) is 1.90. The van der Waals surface area contributed by atoms with Crippen molar-refractivity contribution >= 4 is 17.4 Å². The van der Waals surface area contributed by atoms with Crippen LogP contribution in [0.2, 0.25) is 5.15 Å². The Labute approximate surface area is 120 Å². The highest BCUT2D eigenvalue weighted by Gasteiger charge is 2.08. The quantitative estimate of drug-likeness (QED) is 0.451. The summed E-state index contributed by atoms with van der Waals surface area (Å²) in [5.74, 6) is 1.57. The van der Waals surface area contributed by atoms with Gasteiger partial charge in [0, 0.05) is 18.5 Å². The Kier molecular flexibility index (Phi) is 6.81. The fraction of sp³-hybridized carbons (Fsp3) is 0.571. The number of aryl methyl sites for hydroxylation is 1. The molecule has 0 radical (unpaired) electrons. The number of hydrogen-bond donors (Lipinski definition) is 1. The maximum atomic E-state index is 6.10. The average molecular weight is 284 g/mol. The van der Waals surface area contributed by atoms with Crippen LogP contribution < -0.4 is 5.32 Å². The number of halogens is 1. The van der Waals surface area contributed by atoms with Crippen LogP contribution in [0.3, 0.4) is 0 Å². The Balaban J connectivity index is 2.54. The second kappa shape index (κ2) is 8.12. The molecule has 106 valence electrons. The van der Waals surface area contributed by atoms with E-state index in [2.05, 4.69) is 28.8 Å². The number of ether oxygens (including phenoxy) is 1. The number of anilines is 1. The van der Waals surface area contributed by atoms with Gasteiger partial charge in [-0.3, -0.25) is 0 Å². The molecule has 0 saturated carbocycles. The molecule has 0 aliphatic carbocycles. The second-order valence-electron chi connectivity index (χ2n) is 4.59. The SMILES string of the molecule is C=C(C)COCCNc1nc(CCC)nc(Cl)c1C. The van der Waals surface area contributed by atoms with Crippen LogP contribution in [0.15, 0.2) is 12.2 Å². The second-order valence-corrected chi connectivity index (χ2v) is 4.95. The molecule has 0 unspecified atom stereocenters. The van der Waals surface area contributed by atoms with Gasteiger partial charge in [0.05, 0.1) is 13.2 Å². The van der Waals surface area contributed by atoms with E-state index in [0.29, 0.717) is 24.9 Å². The van der Waals surface area contributed by atoms with Crippen molar-refractivity contribution in [1.82, 2.24) is 9.97 Å². The normalized spacial score (nSPS) is 10.5. The van der Waals surface area contributed by atoms with Crippen molar-refractivity contribution in [3.8, 4) is 0 Å². The zero-order valence-corrected chi connectivity index (χ0v) is 12.7. The Morgan fingerprint density at radius 2 is 2.16 bits per heavy atom. The van der Waals surface area contributed by atoms with Crippen molar-refractivity contribution in [1.29, 1.82) is 0 Å². The average Bonchev–Trinajstić information content (AvgIpc) is 2.34. The number of aromatic nitrogens is 2. The van der Waals surface area contributed by atoms with Gasteiger partial charge in [0.15, 0.2) is 0 Å². The molecule has 0 aliphatic rings. The lowest BCUT2D eigenvalue weighted by molar-refractivity contribution is 0.167. The zero-order chi connectivity index (χ0) is 14.3. The van der Waals surface area contributed by atoms with Gasteiger partial charge in [0.2, 0.25) is 0 Å². The van der Waals surface area contributed by atoms with Gasteiger partial charge in [-0.05, 0) is 20.3 Å². The lowest BCUT2D eigenvalue weighted by atomic mass is 10.3. The standard InChI is InChI=1S/C14H22ClN3O/c1-5-6-12-17-13(15)11(4)14(18-12)16-7-8-19-9-10(2)3/h2,5-9H2,1,3-4H3,(H,16,17,18).